The number of nitrogens with one attached hydrogen (secondary N) is 1. The Labute approximate surface area is 147 Å². The van der Waals surface area contributed by atoms with Gasteiger partial charge in [-0.3, -0.25) is 4.79 Å². The number of aryl methyl sites for hydroxylation is 1. The van der Waals surface area contributed by atoms with Crippen LogP contribution in [0.5, 0.6) is 5.75 Å². The summed E-state index contributed by atoms with van der Waals surface area (Å²) in [6.45, 7) is 6.07. The molecule has 1 aromatic carbocycles. The number of sulfonamides is 1. The molecule has 1 aromatic rings. The quantitative estimate of drug-likeness (QED) is 0.829. The number of nitrogens with zero attached hydrogens (tertiary/aromatic N) is 1. The highest BCUT2D eigenvalue weighted by Gasteiger charge is 2.25. The second kappa shape index (κ2) is 8.00. The molecule has 8 heteroatoms. The van der Waals surface area contributed by atoms with Gasteiger partial charge in [-0.15, -0.1) is 0 Å². The molecule has 1 fully saturated rings. The van der Waals surface area contributed by atoms with E-state index >= 15 is 0 Å². The molecule has 1 heterocycles. The fourth-order valence-corrected chi connectivity index (χ4v) is 3.56. The van der Waals surface area contributed by atoms with E-state index in [4.69, 9.17) is 16.3 Å². The van der Waals surface area contributed by atoms with Gasteiger partial charge < -0.3 is 9.64 Å². The van der Waals surface area contributed by atoms with Crippen LogP contribution in [0.1, 0.15) is 18.4 Å². The predicted molar refractivity (Wildman–Crippen MR) is 93.5 cm³/mol. The zero-order valence-electron chi connectivity index (χ0n) is 13.5. The molecule has 1 aliphatic heterocycles. The molecule has 0 bridgehead atoms. The fourth-order valence-electron chi connectivity index (χ4n) is 2.53. The van der Waals surface area contributed by atoms with Gasteiger partial charge in [0.15, 0.2) is 6.61 Å². The first-order valence-electron chi connectivity index (χ1n) is 7.62. The molecule has 0 radical (unpaired) electrons. The van der Waals surface area contributed by atoms with Crippen molar-refractivity contribution in [2.24, 2.45) is 0 Å². The van der Waals surface area contributed by atoms with Crippen molar-refractivity contribution >= 4 is 27.5 Å². The van der Waals surface area contributed by atoms with E-state index in [0.717, 1.165) is 11.0 Å². The van der Waals surface area contributed by atoms with Crippen LogP contribution < -0.4 is 9.46 Å². The summed E-state index contributed by atoms with van der Waals surface area (Å²) < 4.78 is 31.0. The number of rotatable bonds is 6. The zero-order valence-corrected chi connectivity index (χ0v) is 15.1. The Morgan fingerprint density at radius 3 is 2.71 bits per heavy atom. The summed E-state index contributed by atoms with van der Waals surface area (Å²) in [7, 11) is -3.44. The van der Waals surface area contributed by atoms with Crippen LogP contribution in [0.2, 0.25) is 5.02 Å². The van der Waals surface area contributed by atoms with Gasteiger partial charge >= 0.3 is 0 Å². The monoisotopic (exact) mass is 372 g/mol. The highest BCUT2D eigenvalue weighted by Crippen LogP contribution is 2.22. The highest BCUT2D eigenvalue weighted by atomic mass is 35.5. The maximum absolute atomic E-state index is 12.2. The van der Waals surface area contributed by atoms with Gasteiger partial charge in [0.2, 0.25) is 10.0 Å². The van der Waals surface area contributed by atoms with Crippen LogP contribution in [0.4, 0.5) is 0 Å². The lowest BCUT2D eigenvalue weighted by molar-refractivity contribution is -0.134. The first kappa shape index (κ1) is 18.8. The maximum Gasteiger partial charge on any atom is 0.260 e. The number of carbonyl (C=O) groups excluding carboxylic acids is 1. The molecule has 2 rings (SSSR count). The minimum atomic E-state index is -3.44. The molecule has 1 amide bonds. The lowest BCUT2D eigenvalue weighted by Gasteiger charge is -2.32. The highest BCUT2D eigenvalue weighted by molar-refractivity contribution is 7.92. The second-order valence-electron chi connectivity index (χ2n) is 5.68. The number of amides is 1. The number of ether oxygens (including phenoxy) is 1. The second-order valence-corrected chi connectivity index (χ2v) is 7.78. The Morgan fingerprint density at radius 2 is 2.12 bits per heavy atom. The van der Waals surface area contributed by atoms with E-state index in [2.05, 4.69) is 11.3 Å². The number of hydrogen-bond acceptors (Lipinski definition) is 4. The average Bonchev–Trinajstić information content (AvgIpc) is 2.54. The molecule has 24 heavy (non-hydrogen) atoms. The van der Waals surface area contributed by atoms with Crippen molar-refractivity contribution < 1.29 is 17.9 Å². The minimum Gasteiger partial charge on any atom is -0.483 e. The van der Waals surface area contributed by atoms with E-state index in [1.807, 2.05) is 6.92 Å². The topological polar surface area (TPSA) is 75.7 Å². The van der Waals surface area contributed by atoms with Crippen molar-refractivity contribution in [3.05, 3.63) is 40.8 Å². The molecule has 1 saturated heterocycles. The lowest BCUT2D eigenvalue weighted by atomic mass is 10.1. The van der Waals surface area contributed by atoms with E-state index in [1.54, 1.807) is 23.1 Å². The van der Waals surface area contributed by atoms with Crippen LogP contribution in [0, 0.1) is 6.92 Å². The Hall–Kier alpha value is -1.57. The van der Waals surface area contributed by atoms with E-state index in [0.29, 0.717) is 36.7 Å². The molecule has 0 atom stereocenters. The van der Waals surface area contributed by atoms with Crippen LogP contribution in [-0.4, -0.2) is 45.0 Å². The fraction of sp³-hybridized carbons (Fsp3) is 0.438. The van der Waals surface area contributed by atoms with Crippen LogP contribution >= 0.6 is 11.6 Å². The standard InChI is InChI=1S/C16H21ClN2O4S/c1-3-24(21,22)18-14-6-8-19(9-7-14)16(20)11-23-15-5-4-13(17)10-12(15)2/h3-5,10,14,18H,1,6-9,11H2,2H3. The third-order valence-electron chi connectivity index (χ3n) is 3.89. The van der Waals surface area contributed by atoms with Crippen LogP contribution in [0.15, 0.2) is 30.2 Å². The summed E-state index contributed by atoms with van der Waals surface area (Å²) in [6, 6.07) is 5.06. The Kier molecular flexibility index (Phi) is 6.26. The van der Waals surface area contributed by atoms with Crippen molar-refractivity contribution in [2.75, 3.05) is 19.7 Å². The normalized spacial score (nSPS) is 16.0. The minimum absolute atomic E-state index is 0.0501. The van der Waals surface area contributed by atoms with Crippen molar-refractivity contribution in [3.8, 4) is 5.75 Å². The molecular weight excluding hydrogens is 352 g/mol. The predicted octanol–water partition coefficient (Wildman–Crippen LogP) is 2.08. The SMILES string of the molecule is C=CS(=O)(=O)NC1CCN(C(=O)COc2ccc(Cl)cc2C)CC1. The van der Waals surface area contributed by atoms with E-state index in [-0.39, 0.29) is 18.6 Å². The molecule has 1 aliphatic rings. The molecule has 0 saturated carbocycles. The van der Waals surface area contributed by atoms with Gasteiger partial charge in [0, 0.05) is 29.6 Å². The first-order chi connectivity index (χ1) is 11.3. The molecule has 0 aliphatic carbocycles. The molecule has 0 aromatic heterocycles. The Balaban J connectivity index is 1.81. The molecule has 0 spiro atoms. The summed E-state index contributed by atoms with van der Waals surface area (Å²) in [5.41, 5.74) is 0.868. The van der Waals surface area contributed by atoms with Gasteiger partial charge in [-0.1, -0.05) is 18.2 Å². The van der Waals surface area contributed by atoms with E-state index < -0.39 is 10.0 Å². The lowest BCUT2D eigenvalue weighted by Crippen LogP contribution is -2.47. The molecular formula is C16H21ClN2O4S. The van der Waals surface area contributed by atoms with Crippen molar-refractivity contribution in [1.82, 2.24) is 9.62 Å². The molecule has 0 unspecified atom stereocenters. The van der Waals surface area contributed by atoms with Gasteiger partial charge in [0.25, 0.3) is 5.91 Å². The summed E-state index contributed by atoms with van der Waals surface area (Å²) in [4.78, 5) is 13.9. The molecule has 132 valence electrons. The molecule has 6 nitrogen and oxygen atoms in total. The number of hydrogen-bond donors (Lipinski definition) is 1. The molecule has 1 N–H and O–H groups in total. The summed E-state index contributed by atoms with van der Waals surface area (Å²) in [5.74, 6) is 0.510. The van der Waals surface area contributed by atoms with Crippen LogP contribution in [0.3, 0.4) is 0 Å². The van der Waals surface area contributed by atoms with Crippen molar-refractivity contribution in [2.45, 2.75) is 25.8 Å². The zero-order chi connectivity index (χ0) is 17.7. The number of likely N-dealkylation sites (tertiary alicyclic amines) is 1. The van der Waals surface area contributed by atoms with Gasteiger partial charge in [-0.05, 0) is 43.5 Å². The summed E-state index contributed by atoms with van der Waals surface area (Å²) in [5, 5.41) is 1.52. The van der Waals surface area contributed by atoms with E-state index in [9.17, 15) is 13.2 Å². The maximum atomic E-state index is 12.2. The van der Waals surface area contributed by atoms with Gasteiger partial charge in [-0.2, -0.15) is 0 Å². The smallest absolute Gasteiger partial charge is 0.260 e. The van der Waals surface area contributed by atoms with Crippen molar-refractivity contribution in [3.63, 3.8) is 0 Å². The van der Waals surface area contributed by atoms with Crippen molar-refractivity contribution in [1.29, 1.82) is 0 Å². The summed E-state index contributed by atoms with van der Waals surface area (Å²) >= 11 is 5.89. The number of halogens is 1. The average molecular weight is 373 g/mol. The largest absolute Gasteiger partial charge is 0.483 e. The van der Waals surface area contributed by atoms with Gasteiger partial charge in [-0.25, -0.2) is 13.1 Å². The number of carbonyl (C=O) groups is 1. The first-order valence-corrected chi connectivity index (χ1v) is 9.54. The Morgan fingerprint density at radius 1 is 1.46 bits per heavy atom. The number of benzene rings is 1. The van der Waals surface area contributed by atoms with Gasteiger partial charge in [0.05, 0.1) is 0 Å². The summed E-state index contributed by atoms with van der Waals surface area (Å²) in [6.07, 6.45) is 1.14. The van der Waals surface area contributed by atoms with Gasteiger partial charge in [0.1, 0.15) is 5.75 Å². The van der Waals surface area contributed by atoms with Crippen LogP contribution in [-0.2, 0) is 14.8 Å². The third kappa shape index (κ3) is 5.22. The Bertz CT molecular complexity index is 713. The van der Waals surface area contributed by atoms with E-state index in [1.165, 1.54) is 0 Å². The van der Waals surface area contributed by atoms with Crippen LogP contribution in [0.25, 0.3) is 0 Å². The number of piperidine rings is 1. The third-order valence-corrected chi connectivity index (χ3v) is 5.22.